The van der Waals surface area contributed by atoms with Crippen LogP contribution in [0.1, 0.15) is 11.1 Å². The lowest BCUT2D eigenvalue weighted by molar-refractivity contribution is -0.384. The lowest BCUT2D eigenvalue weighted by Gasteiger charge is -2.34. The van der Waals surface area contributed by atoms with Crippen LogP contribution in [-0.4, -0.2) is 48.5 Å². The maximum absolute atomic E-state index is 12.6. The summed E-state index contributed by atoms with van der Waals surface area (Å²) in [6.07, 6.45) is 0.429. The number of fused-ring (bicyclic) bond motifs is 1. The maximum atomic E-state index is 12.6. The molecular formula is C20H21N3O6. The molecule has 1 heterocycles. The molecule has 29 heavy (non-hydrogen) atoms. The van der Waals surface area contributed by atoms with Gasteiger partial charge in [0.1, 0.15) is 17.5 Å². The molecule has 0 aliphatic carbocycles. The van der Waals surface area contributed by atoms with Crippen LogP contribution in [0.4, 0.5) is 11.4 Å². The summed E-state index contributed by atoms with van der Waals surface area (Å²) in [5.41, 5.74) is 1.85. The van der Waals surface area contributed by atoms with Crippen molar-refractivity contribution in [3.63, 3.8) is 0 Å². The summed E-state index contributed by atoms with van der Waals surface area (Å²) in [6, 6.07) is 11.3. The minimum atomic E-state index is -0.605. The van der Waals surface area contributed by atoms with Crippen molar-refractivity contribution in [3.05, 3.63) is 63.7 Å². The van der Waals surface area contributed by atoms with E-state index in [9.17, 15) is 19.7 Å². The number of rotatable bonds is 6. The number of carbonyl (C=O) groups excluding carboxylic acids is 2. The number of nitro benzene ring substituents is 1. The van der Waals surface area contributed by atoms with Gasteiger partial charge in [0.2, 0.25) is 5.91 Å². The number of hydrogen-bond acceptors (Lipinski definition) is 7. The van der Waals surface area contributed by atoms with Crippen LogP contribution in [0, 0.1) is 10.1 Å². The van der Waals surface area contributed by atoms with Crippen molar-refractivity contribution < 1.29 is 24.0 Å². The lowest BCUT2D eigenvalue weighted by Crippen LogP contribution is -2.49. The summed E-state index contributed by atoms with van der Waals surface area (Å²) in [7, 11) is 2.71. The zero-order chi connectivity index (χ0) is 21.0. The Hall–Kier alpha value is -3.46. The van der Waals surface area contributed by atoms with Crippen molar-refractivity contribution in [2.24, 2.45) is 0 Å². The van der Waals surface area contributed by atoms with Crippen molar-refractivity contribution in [1.29, 1.82) is 0 Å². The molecule has 1 aliphatic heterocycles. The van der Waals surface area contributed by atoms with Crippen LogP contribution in [-0.2, 0) is 27.3 Å². The number of carbonyl (C=O) groups is 2. The monoisotopic (exact) mass is 399 g/mol. The molecule has 152 valence electrons. The highest BCUT2D eigenvalue weighted by Crippen LogP contribution is 2.29. The van der Waals surface area contributed by atoms with Gasteiger partial charge in [-0.05, 0) is 29.7 Å². The molecular weight excluding hydrogens is 378 g/mol. The number of esters is 1. The molecule has 1 aliphatic rings. The smallest absolute Gasteiger partial charge is 0.323 e. The molecule has 9 heteroatoms. The van der Waals surface area contributed by atoms with Gasteiger partial charge >= 0.3 is 5.97 Å². The average molecular weight is 399 g/mol. The summed E-state index contributed by atoms with van der Waals surface area (Å²) in [6.45, 7) is 0.283. The molecule has 1 N–H and O–H groups in total. The molecule has 0 aromatic heterocycles. The third-order valence-corrected chi connectivity index (χ3v) is 4.84. The fraction of sp³-hybridized carbons (Fsp3) is 0.300. The largest absolute Gasteiger partial charge is 0.496 e. The molecule has 2 aromatic rings. The quantitative estimate of drug-likeness (QED) is 0.450. The number of nitro groups is 1. The predicted octanol–water partition coefficient (Wildman–Crippen LogP) is 2.14. The summed E-state index contributed by atoms with van der Waals surface area (Å²) in [5.74, 6) is -0.581. The number of ether oxygens (including phenoxy) is 2. The first-order valence-electron chi connectivity index (χ1n) is 8.94. The summed E-state index contributed by atoms with van der Waals surface area (Å²) < 4.78 is 9.89. The summed E-state index contributed by atoms with van der Waals surface area (Å²) >= 11 is 0. The van der Waals surface area contributed by atoms with Gasteiger partial charge in [-0.1, -0.05) is 24.3 Å². The van der Waals surface area contributed by atoms with E-state index in [0.29, 0.717) is 18.7 Å². The van der Waals surface area contributed by atoms with Gasteiger partial charge in [0.25, 0.3) is 5.69 Å². The van der Waals surface area contributed by atoms with Gasteiger partial charge in [0.15, 0.2) is 0 Å². The lowest BCUT2D eigenvalue weighted by atomic mass is 9.94. The molecule has 1 atom stereocenters. The van der Waals surface area contributed by atoms with Crippen LogP contribution in [0.15, 0.2) is 42.5 Å². The van der Waals surface area contributed by atoms with E-state index in [1.807, 2.05) is 24.3 Å². The third kappa shape index (κ3) is 4.52. The first-order valence-corrected chi connectivity index (χ1v) is 8.94. The maximum Gasteiger partial charge on any atom is 0.323 e. The van der Waals surface area contributed by atoms with Crippen LogP contribution in [0.2, 0.25) is 0 Å². The van der Waals surface area contributed by atoms with Crippen molar-refractivity contribution in [1.82, 2.24) is 4.90 Å². The van der Waals surface area contributed by atoms with E-state index in [-0.39, 0.29) is 17.9 Å². The Morgan fingerprint density at radius 2 is 1.93 bits per heavy atom. The van der Waals surface area contributed by atoms with E-state index in [2.05, 4.69) is 5.32 Å². The number of anilines is 1. The number of hydrogen-bond donors (Lipinski definition) is 1. The Bertz CT molecular complexity index is 946. The van der Waals surface area contributed by atoms with Crippen LogP contribution in [0.3, 0.4) is 0 Å². The molecule has 3 rings (SSSR count). The Morgan fingerprint density at radius 3 is 2.59 bits per heavy atom. The number of benzene rings is 2. The highest BCUT2D eigenvalue weighted by molar-refractivity contribution is 5.95. The highest BCUT2D eigenvalue weighted by atomic mass is 16.6. The van der Waals surface area contributed by atoms with Gasteiger partial charge in [-0.15, -0.1) is 0 Å². The van der Waals surface area contributed by atoms with Gasteiger partial charge in [-0.2, -0.15) is 0 Å². The minimum Gasteiger partial charge on any atom is -0.496 e. The first kappa shape index (κ1) is 20.3. The summed E-state index contributed by atoms with van der Waals surface area (Å²) in [4.78, 5) is 37.3. The average Bonchev–Trinajstić information content (AvgIpc) is 2.72. The van der Waals surface area contributed by atoms with Gasteiger partial charge in [0.05, 0.1) is 31.8 Å². The molecule has 0 spiro atoms. The normalized spacial score (nSPS) is 15.9. The highest BCUT2D eigenvalue weighted by Gasteiger charge is 2.33. The van der Waals surface area contributed by atoms with E-state index in [4.69, 9.17) is 9.47 Å². The zero-order valence-electron chi connectivity index (χ0n) is 16.1. The second-order valence-electron chi connectivity index (χ2n) is 6.61. The molecule has 9 nitrogen and oxygen atoms in total. The van der Waals surface area contributed by atoms with E-state index >= 15 is 0 Å². The van der Waals surface area contributed by atoms with Crippen molar-refractivity contribution in [2.75, 3.05) is 26.1 Å². The Kier molecular flexibility index (Phi) is 6.08. The SMILES string of the molecule is COC(=O)[C@@H]1Cc2ccccc2CN1CC(=O)Nc1ccc(OC)cc1[N+](=O)[O-]. The molecule has 0 saturated carbocycles. The third-order valence-electron chi connectivity index (χ3n) is 4.84. The van der Waals surface area contributed by atoms with E-state index < -0.39 is 22.8 Å². The van der Waals surface area contributed by atoms with Gasteiger partial charge in [0, 0.05) is 6.54 Å². The number of methoxy groups -OCH3 is 2. The number of nitrogens with one attached hydrogen (secondary N) is 1. The predicted molar refractivity (Wildman–Crippen MR) is 105 cm³/mol. The molecule has 0 unspecified atom stereocenters. The van der Waals surface area contributed by atoms with E-state index in [0.717, 1.165) is 11.1 Å². The van der Waals surface area contributed by atoms with E-state index in [1.165, 1.54) is 32.4 Å². The molecule has 0 saturated heterocycles. The molecule has 0 radical (unpaired) electrons. The molecule has 0 bridgehead atoms. The van der Waals surface area contributed by atoms with Gasteiger partial charge in [-0.25, -0.2) is 0 Å². The van der Waals surface area contributed by atoms with Crippen molar-refractivity contribution in [2.45, 2.75) is 19.0 Å². The number of amides is 1. The van der Waals surface area contributed by atoms with Crippen LogP contribution in [0.25, 0.3) is 0 Å². The zero-order valence-corrected chi connectivity index (χ0v) is 16.1. The first-order chi connectivity index (χ1) is 13.9. The molecule has 1 amide bonds. The topological polar surface area (TPSA) is 111 Å². The Labute approximate surface area is 167 Å². The Balaban J connectivity index is 1.78. The fourth-order valence-corrected chi connectivity index (χ4v) is 3.38. The standard InChI is InChI=1S/C20H21N3O6/c1-28-15-7-8-16(17(10-15)23(26)27)21-19(24)12-22-11-14-6-4-3-5-13(14)9-18(22)20(25)29-2/h3-8,10,18H,9,11-12H2,1-2H3,(H,21,24)/t18-/m0/s1. The van der Waals surface area contributed by atoms with Crippen LogP contribution >= 0.6 is 0 Å². The second kappa shape index (κ2) is 8.70. The second-order valence-corrected chi connectivity index (χ2v) is 6.61. The molecule has 0 fully saturated rings. The summed E-state index contributed by atoms with van der Waals surface area (Å²) in [5, 5.41) is 13.9. The van der Waals surface area contributed by atoms with Crippen LogP contribution in [0.5, 0.6) is 5.75 Å². The number of nitrogens with zero attached hydrogens (tertiary/aromatic N) is 2. The Morgan fingerprint density at radius 1 is 1.21 bits per heavy atom. The van der Waals surface area contributed by atoms with Crippen molar-refractivity contribution in [3.8, 4) is 5.75 Å². The van der Waals surface area contributed by atoms with Crippen molar-refractivity contribution >= 4 is 23.3 Å². The molecule has 2 aromatic carbocycles. The fourth-order valence-electron chi connectivity index (χ4n) is 3.38. The van der Waals surface area contributed by atoms with Gasteiger partial charge < -0.3 is 14.8 Å². The minimum absolute atomic E-state index is 0.0628. The van der Waals surface area contributed by atoms with E-state index in [1.54, 1.807) is 4.90 Å². The van der Waals surface area contributed by atoms with Crippen LogP contribution < -0.4 is 10.1 Å². The van der Waals surface area contributed by atoms with Gasteiger partial charge in [-0.3, -0.25) is 24.6 Å².